The molecule has 0 aliphatic carbocycles. The molecule has 0 aromatic heterocycles. The molecule has 0 radical (unpaired) electrons. The second kappa shape index (κ2) is 7.46. The Kier molecular flexibility index (Phi) is 5.62. The lowest BCUT2D eigenvalue weighted by Crippen LogP contribution is -2.47. The van der Waals surface area contributed by atoms with Crippen molar-refractivity contribution in [1.82, 2.24) is 4.90 Å². The molecular weight excluding hydrogens is 232 g/mol. The van der Waals surface area contributed by atoms with Gasteiger partial charge in [0.05, 0.1) is 0 Å². The molecule has 0 saturated carbocycles. The molecule has 2 atom stereocenters. The van der Waals surface area contributed by atoms with E-state index < -0.39 is 0 Å². The molecule has 2 rings (SSSR count). The number of nitrogens with two attached hydrogens (primary N) is 1. The summed E-state index contributed by atoms with van der Waals surface area (Å²) in [7, 11) is 0. The van der Waals surface area contributed by atoms with E-state index in [0.717, 1.165) is 13.0 Å². The molecule has 2 heteroatoms. The van der Waals surface area contributed by atoms with Crippen molar-refractivity contribution in [2.24, 2.45) is 5.73 Å². The molecule has 1 aromatic carbocycles. The van der Waals surface area contributed by atoms with Crippen LogP contribution in [0, 0.1) is 0 Å². The zero-order valence-corrected chi connectivity index (χ0v) is 12.0. The number of hydrogen-bond acceptors (Lipinski definition) is 2. The Bertz CT molecular complexity index is 386. The summed E-state index contributed by atoms with van der Waals surface area (Å²) in [5, 5.41) is 0. The normalized spacial score (nSPS) is 22.7. The van der Waals surface area contributed by atoms with Crippen molar-refractivity contribution in [2.45, 2.75) is 44.7 Å². The van der Waals surface area contributed by atoms with Crippen molar-refractivity contribution in [3.63, 3.8) is 0 Å². The van der Waals surface area contributed by atoms with Gasteiger partial charge in [-0.05, 0) is 38.3 Å². The number of likely N-dealkylation sites (tertiary alicyclic amines) is 1. The third-order valence-electron chi connectivity index (χ3n) is 4.11. The van der Waals surface area contributed by atoms with E-state index in [1.54, 1.807) is 0 Å². The van der Waals surface area contributed by atoms with Crippen LogP contribution in [-0.2, 0) is 0 Å². The zero-order chi connectivity index (χ0) is 13.5. The average molecular weight is 258 g/mol. The van der Waals surface area contributed by atoms with Gasteiger partial charge in [0.15, 0.2) is 0 Å². The van der Waals surface area contributed by atoms with Crippen LogP contribution in [0.3, 0.4) is 0 Å². The first kappa shape index (κ1) is 14.3. The number of rotatable bonds is 5. The number of nitrogens with zero attached hydrogens (tertiary/aromatic N) is 1. The Balaban J connectivity index is 1.90. The second-order valence-corrected chi connectivity index (χ2v) is 5.52. The molecule has 1 aliphatic heterocycles. The van der Waals surface area contributed by atoms with Gasteiger partial charge in [0.25, 0.3) is 0 Å². The predicted octanol–water partition coefficient (Wildman–Crippen LogP) is 3.29. The fraction of sp³-hybridized carbons (Fsp3) is 0.529. The van der Waals surface area contributed by atoms with Crippen LogP contribution in [0.15, 0.2) is 36.4 Å². The van der Waals surface area contributed by atoms with Gasteiger partial charge in [-0.15, -0.1) is 0 Å². The van der Waals surface area contributed by atoms with E-state index in [-0.39, 0.29) is 0 Å². The van der Waals surface area contributed by atoms with Gasteiger partial charge in [0.1, 0.15) is 0 Å². The minimum absolute atomic E-state index is 0.496. The molecule has 1 saturated heterocycles. The predicted molar refractivity (Wildman–Crippen MR) is 83.0 cm³/mol. The van der Waals surface area contributed by atoms with E-state index in [0.29, 0.717) is 12.1 Å². The van der Waals surface area contributed by atoms with E-state index in [4.69, 9.17) is 5.73 Å². The summed E-state index contributed by atoms with van der Waals surface area (Å²) < 4.78 is 0. The maximum Gasteiger partial charge on any atom is 0.0255 e. The molecule has 19 heavy (non-hydrogen) atoms. The molecule has 1 aliphatic rings. The van der Waals surface area contributed by atoms with Gasteiger partial charge in [-0.1, -0.05) is 48.9 Å². The lowest BCUT2D eigenvalue weighted by atomic mass is 9.99. The summed E-state index contributed by atoms with van der Waals surface area (Å²) in [4.78, 5) is 2.60. The maximum absolute atomic E-state index is 5.97. The highest BCUT2D eigenvalue weighted by Gasteiger charge is 2.23. The lowest BCUT2D eigenvalue weighted by Gasteiger charge is -2.39. The van der Waals surface area contributed by atoms with Crippen LogP contribution in [0.4, 0.5) is 0 Å². The first-order valence-electron chi connectivity index (χ1n) is 7.48. The van der Waals surface area contributed by atoms with Crippen molar-refractivity contribution in [3.8, 4) is 0 Å². The Labute approximate surface area is 117 Å². The van der Waals surface area contributed by atoms with Gasteiger partial charge in [-0.2, -0.15) is 0 Å². The highest BCUT2D eigenvalue weighted by Crippen LogP contribution is 2.20. The first-order valence-corrected chi connectivity index (χ1v) is 7.48. The van der Waals surface area contributed by atoms with Crippen LogP contribution in [0.25, 0.3) is 6.08 Å². The SMILES string of the molecule is CC1CCCCN1C(CN)C/C=C\c1ccccc1. The molecule has 0 spiro atoms. The minimum Gasteiger partial charge on any atom is -0.329 e. The van der Waals surface area contributed by atoms with Gasteiger partial charge in [-0.25, -0.2) is 0 Å². The molecule has 1 fully saturated rings. The van der Waals surface area contributed by atoms with Crippen molar-refractivity contribution in [3.05, 3.63) is 42.0 Å². The quantitative estimate of drug-likeness (QED) is 0.878. The van der Waals surface area contributed by atoms with Crippen LogP contribution in [0.1, 0.15) is 38.2 Å². The molecule has 1 heterocycles. The molecule has 1 aromatic rings. The van der Waals surface area contributed by atoms with E-state index >= 15 is 0 Å². The molecule has 0 bridgehead atoms. The molecule has 0 amide bonds. The average Bonchev–Trinajstić information content (AvgIpc) is 2.46. The molecule has 2 unspecified atom stereocenters. The molecule has 2 N–H and O–H groups in total. The molecule has 104 valence electrons. The zero-order valence-electron chi connectivity index (χ0n) is 12.0. The van der Waals surface area contributed by atoms with Crippen LogP contribution >= 0.6 is 0 Å². The Morgan fingerprint density at radius 2 is 2.11 bits per heavy atom. The van der Waals surface area contributed by atoms with Gasteiger partial charge >= 0.3 is 0 Å². The summed E-state index contributed by atoms with van der Waals surface area (Å²) in [6.45, 7) is 4.30. The van der Waals surface area contributed by atoms with Gasteiger partial charge in [-0.3, -0.25) is 4.90 Å². The Morgan fingerprint density at radius 1 is 1.32 bits per heavy atom. The van der Waals surface area contributed by atoms with Gasteiger partial charge < -0.3 is 5.73 Å². The second-order valence-electron chi connectivity index (χ2n) is 5.52. The fourth-order valence-electron chi connectivity index (χ4n) is 2.96. The minimum atomic E-state index is 0.496. The summed E-state index contributed by atoms with van der Waals surface area (Å²) in [6, 6.07) is 11.7. The largest absolute Gasteiger partial charge is 0.329 e. The molecule has 2 nitrogen and oxygen atoms in total. The monoisotopic (exact) mass is 258 g/mol. The Hall–Kier alpha value is -1.12. The highest BCUT2D eigenvalue weighted by atomic mass is 15.2. The Morgan fingerprint density at radius 3 is 2.79 bits per heavy atom. The number of hydrogen-bond donors (Lipinski definition) is 1. The molecular formula is C17H26N2. The number of benzene rings is 1. The lowest BCUT2D eigenvalue weighted by molar-refractivity contribution is 0.110. The summed E-state index contributed by atoms with van der Waals surface area (Å²) in [5.41, 5.74) is 7.24. The van der Waals surface area contributed by atoms with E-state index in [1.807, 2.05) is 0 Å². The smallest absolute Gasteiger partial charge is 0.0255 e. The first-order chi connectivity index (χ1) is 9.31. The van der Waals surface area contributed by atoms with Crippen LogP contribution in [0.2, 0.25) is 0 Å². The maximum atomic E-state index is 5.97. The van der Waals surface area contributed by atoms with Crippen LogP contribution in [-0.4, -0.2) is 30.1 Å². The summed E-state index contributed by atoms with van der Waals surface area (Å²) >= 11 is 0. The number of piperidine rings is 1. The van der Waals surface area contributed by atoms with Crippen LogP contribution < -0.4 is 5.73 Å². The van der Waals surface area contributed by atoms with Crippen molar-refractivity contribution < 1.29 is 0 Å². The van der Waals surface area contributed by atoms with Gasteiger partial charge in [0.2, 0.25) is 0 Å². The van der Waals surface area contributed by atoms with E-state index in [9.17, 15) is 0 Å². The summed E-state index contributed by atoms with van der Waals surface area (Å²) in [5.74, 6) is 0. The highest BCUT2D eigenvalue weighted by molar-refractivity contribution is 5.48. The van der Waals surface area contributed by atoms with Crippen molar-refractivity contribution in [1.29, 1.82) is 0 Å². The van der Waals surface area contributed by atoms with Crippen molar-refractivity contribution in [2.75, 3.05) is 13.1 Å². The third-order valence-corrected chi connectivity index (χ3v) is 4.11. The topological polar surface area (TPSA) is 29.3 Å². The summed E-state index contributed by atoms with van der Waals surface area (Å²) in [6.07, 6.45) is 9.54. The third kappa shape index (κ3) is 4.19. The van der Waals surface area contributed by atoms with Gasteiger partial charge in [0, 0.05) is 18.6 Å². The van der Waals surface area contributed by atoms with E-state index in [2.05, 4.69) is 54.3 Å². The fourth-order valence-corrected chi connectivity index (χ4v) is 2.96. The van der Waals surface area contributed by atoms with E-state index in [1.165, 1.54) is 31.4 Å². The van der Waals surface area contributed by atoms with Crippen molar-refractivity contribution >= 4 is 6.08 Å². The standard InChI is InChI=1S/C17H26N2/c1-15-8-5-6-13-19(15)17(14-18)12-7-11-16-9-3-2-4-10-16/h2-4,7,9-11,15,17H,5-6,8,12-14,18H2,1H3/b11-7-. The van der Waals surface area contributed by atoms with Crippen LogP contribution in [0.5, 0.6) is 0 Å².